The number of rotatable bonds is 5. The first-order valence-electron chi connectivity index (χ1n) is 4.97. The van der Waals surface area contributed by atoms with E-state index in [1.54, 1.807) is 0 Å². The molecule has 0 fully saturated rings. The highest BCUT2D eigenvalue weighted by Gasteiger charge is 2.21. The Bertz CT molecular complexity index is 421. The molecule has 17 heavy (non-hydrogen) atoms. The van der Waals surface area contributed by atoms with Crippen LogP contribution in [0.2, 0.25) is 0 Å². The van der Waals surface area contributed by atoms with Crippen molar-refractivity contribution in [1.82, 2.24) is 9.97 Å². The fourth-order valence-corrected chi connectivity index (χ4v) is 1.03. The van der Waals surface area contributed by atoms with Crippen molar-refractivity contribution < 1.29 is 10.0 Å². The third-order valence-electron chi connectivity index (χ3n) is 2.15. The van der Waals surface area contributed by atoms with Gasteiger partial charge in [0, 0.05) is 18.6 Å². The number of aliphatic hydroxyl groups is 1. The topological polar surface area (TPSA) is 127 Å². The fraction of sp³-hybridized carbons (Fsp3) is 0.556. The normalized spacial score (nSPS) is 11.2. The van der Waals surface area contributed by atoms with Crippen LogP contribution in [-0.4, -0.2) is 33.1 Å². The van der Waals surface area contributed by atoms with Gasteiger partial charge in [-0.15, -0.1) is 0 Å². The van der Waals surface area contributed by atoms with Crippen molar-refractivity contribution >= 4 is 17.5 Å². The van der Waals surface area contributed by atoms with Crippen LogP contribution in [0.15, 0.2) is 6.20 Å². The number of nitrogens with zero attached hydrogens (tertiary/aromatic N) is 3. The van der Waals surface area contributed by atoms with E-state index in [-0.39, 0.29) is 24.1 Å². The van der Waals surface area contributed by atoms with Crippen LogP contribution in [0.3, 0.4) is 0 Å². The Hall–Kier alpha value is -1.96. The predicted molar refractivity (Wildman–Crippen MR) is 62.5 cm³/mol. The van der Waals surface area contributed by atoms with Crippen molar-refractivity contribution in [3.8, 4) is 0 Å². The SMILES string of the molecule is CC(C)(CO)CNc1nc(N)ncc1[N+](=O)[O-]. The Balaban J connectivity index is 2.89. The Kier molecular flexibility index (Phi) is 3.79. The van der Waals surface area contributed by atoms with Gasteiger partial charge >= 0.3 is 5.69 Å². The summed E-state index contributed by atoms with van der Waals surface area (Å²) in [5.74, 6) is 0.0175. The first-order chi connectivity index (χ1) is 7.85. The minimum atomic E-state index is -0.590. The molecule has 0 aliphatic heterocycles. The highest BCUT2D eigenvalue weighted by Crippen LogP contribution is 2.23. The molecule has 0 bridgehead atoms. The number of nitrogens with one attached hydrogen (secondary N) is 1. The molecule has 0 radical (unpaired) electrons. The van der Waals surface area contributed by atoms with Gasteiger partial charge in [0.25, 0.3) is 0 Å². The number of nitrogen functional groups attached to an aromatic ring is 1. The molecule has 1 aromatic heterocycles. The van der Waals surface area contributed by atoms with Gasteiger partial charge in [-0.3, -0.25) is 10.1 Å². The maximum atomic E-state index is 10.7. The largest absolute Gasteiger partial charge is 0.396 e. The summed E-state index contributed by atoms with van der Waals surface area (Å²) >= 11 is 0. The van der Waals surface area contributed by atoms with Crippen LogP contribution in [0, 0.1) is 15.5 Å². The van der Waals surface area contributed by atoms with E-state index in [9.17, 15) is 10.1 Å². The molecule has 0 spiro atoms. The lowest BCUT2D eigenvalue weighted by molar-refractivity contribution is -0.384. The molecule has 1 aromatic rings. The van der Waals surface area contributed by atoms with E-state index in [1.807, 2.05) is 13.8 Å². The standard InChI is InChI=1S/C9H15N5O3/c1-9(2,5-15)4-12-7-6(14(16)17)3-11-8(10)13-7/h3,15H,4-5H2,1-2H3,(H3,10,11,12,13). The van der Waals surface area contributed by atoms with Gasteiger partial charge < -0.3 is 16.2 Å². The van der Waals surface area contributed by atoms with Crippen molar-refractivity contribution in [3.05, 3.63) is 16.3 Å². The van der Waals surface area contributed by atoms with Gasteiger partial charge in [-0.2, -0.15) is 4.98 Å². The minimum absolute atomic E-state index is 0.0418. The molecule has 8 heteroatoms. The summed E-state index contributed by atoms with van der Waals surface area (Å²) in [6, 6.07) is 0. The van der Waals surface area contributed by atoms with Crippen LogP contribution in [0.4, 0.5) is 17.5 Å². The summed E-state index contributed by atoms with van der Waals surface area (Å²) in [4.78, 5) is 17.5. The number of aliphatic hydroxyl groups excluding tert-OH is 1. The molecule has 94 valence electrons. The maximum Gasteiger partial charge on any atom is 0.329 e. The van der Waals surface area contributed by atoms with Crippen LogP contribution >= 0.6 is 0 Å². The molecule has 0 aliphatic rings. The third kappa shape index (κ3) is 3.52. The Morgan fingerprint density at radius 3 is 2.82 bits per heavy atom. The van der Waals surface area contributed by atoms with Gasteiger partial charge in [-0.05, 0) is 0 Å². The lowest BCUT2D eigenvalue weighted by Gasteiger charge is -2.21. The van der Waals surface area contributed by atoms with Crippen LogP contribution in [0.1, 0.15) is 13.8 Å². The van der Waals surface area contributed by atoms with Crippen LogP contribution < -0.4 is 11.1 Å². The smallest absolute Gasteiger partial charge is 0.329 e. The molecule has 0 aromatic carbocycles. The lowest BCUT2D eigenvalue weighted by atomic mass is 9.95. The summed E-state index contributed by atoms with van der Waals surface area (Å²) in [7, 11) is 0. The van der Waals surface area contributed by atoms with E-state index in [4.69, 9.17) is 10.8 Å². The summed E-state index contributed by atoms with van der Waals surface area (Å²) in [6.07, 6.45) is 1.05. The maximum absolute atomic E-state index is 10.7. The van der Waals surface area contributed by atoms with Gasteiger partial charge in [0.1, 0.15) is 6.20 Å². The van der Waals surface area contributed by atoms with E-state index in [2.05, 4.69) is 15.3 Å². The molecule has 0 unspecified atom stereocenters. The van der Waals surface area contributed by atoms with Crippen molar-refractivity contribution in [3.63, 3.8) is 0 Å². The number of nitro groups is 1. The van der Waals surface area contributed by atoms with E-state index in [0.717, 1.165) is 6.20 Å². The highest BCUT2D eigenvalue weighted by molar-refractivity contribution is 5.56. The molecule has 0 saturated heterocycles. The molecule has 1 rings (SSSR count). The molecule has 0 amide bonds. The van der Waals surface area contributed by atoms with Crippen LogP contribution in [0.5, 0.6) is 0 Å². The average Bonchev–Trinajstić information content (AvgIpc) is 2.26. The van der Waals surface area contributed by atoms with Gasteiger partial charge in [-0.25, -0.2) is 4.98 Å². The number of hydrogen-bond acceptors (Lipinski definition) is 7. The second kappa shape index (κ2) is 4.91. The van der Waals surface area contributed by atoms with Gasteiger partial charge in [0.2, 0.25) is 11.8 Å². The zero-order valence-corrected chi connectivity index (χ0v) is 9.67. The first kappa shape index (κ1) is 13.1. The number of aromatic nitrogens is 2. The number of nitrogens with two attached hydrogens (primary N) is 1. The van der Waals surface area contributed by atoms with E-state index >= 15 is 0 Å². The van der Waals surface area contributed by atoms with Crippen LogP contribution in [0.25, 0.3) is 0 Å². The molecule has 0 saturated carbocycles. The van der Waals surface area contributed by atoms with Gasteiger partial charge in [0.15, 0.2) is 0 Å². The van der Waals surface area contributed by atoms with Crippen molar-refractivity contribution in [2.45, 2.75) is 13.8 Å². The monoisotopic (exact) mass is 241 g/mol. The quantitative estimate of drug-likeness (QED) is 0.502. The zero-order valence-electron chi connectivity index (χ0n) is 9.67. The van der Waals surface area contributed by atoms with Crippen molar-refractivity contribution in [2.75, 3.05) is 24.2 Å². The predicted octanol–water partition coefficient (Wildman–Crippen LogP) is 0.397. The summed E-state index contributed by atoms with van der Waals surface area (Å²) in [5, 5.41) is 22.6. The van der Waals surface area contributed by atoms with E-state index in [0.29, 0.717) is 6.54 Å². The Morgan fingerprint density at radius 2 is 2.29 bits per heavy atom. The molecule has 0 atom stereocenters. The molecule has 8 nitrogen and oxygen atoms in total. The highest BCUT2D eigenvalue weighted by atomic mass is 16.6. The Labute approximate surface area is 98.0 Å². The summed E-state index contributed by atoms with van der Waals surface area (Å²) < 4.78 is 0. The molecular formula is C9H15N5O3. The molecule has 4 N–H and O–H groups in total. The second-order valence-electron chi connectivity index (χ2n) is 4.40. The van der Waals surface area contributed by atoms with Crippen LogP contribution in [-0.2, 0) is 0 Å². The second-order valence-corrected chi connectivity index (χ2v) is 4.40. The van der Waals surface area contributed by atoms with Crippen molar-refractivity contribution in [1.29, 1.82) is 0 Å². The van der Waals surface area contributed by atoms with Gasteiger partial charge in [-0.1, -0.05) is 13.8 Å². The number of hydrogen-bond donors (Lipinski definition) is 3. The fourth-order valence-electron chi connectivity index (χ4n) is 1.03. The molecular weight excluding hydrogens is 226 g/mol. The van der Waals surface area contributed by atoms with Gasteiger partial charge in [0.05, 0.1) is 4.92 Å². The summed E-state index contributed by atoms with van der Waals surface area (Å²) in [6.45, 7) is 3.92. The minimum Gasteiger partial charge on any atom is -0.396 e. The third-order valence-corrected chi connectivity index (χ3v) is 2.15. The summed E-state index contributed by atoms with van der Waals surface area (Å²) in [5.41, 5.74) is 4.71. The zero-order chi connectivity index (χ0) is 13.1. The Morgan fingerprint density at radius 1 is 1.65 bits per heavy atom. The first-order valence-corrected chi connectivity index (χ1v) is 4.97. The lowest BCUT2D eigenvalue weighted by Crippen LogP contribution is -2.27. The van der Waals surface area contributed by atoms with Crippen molar-refractivity contribution in [2.24, 2.45) is 5.41 Å². The average molecular weight is 241 g/mol. The number of anilines is 2. The molecule has 1 heterocycles. The van der Waals surface area contributed by atoms with E-state index < -0.39 is 10.3 Å². The molecule has 0 aliphatic carbocycles. The van der Waals surface area contributed by atoms with E-state index in [1.165, 1.54) is 0 Å².